The molecule has 0 saturated heterocycles. The van der Waals surface area contributed by atoms with Crippen LogP contribution in [0.25, 0.3) is 16.5 Å². The Morgan fingerprint density at radius 3 is 2.53 bits per heavy atom. The number of benzene rings is 2. The third-order valence-electron chi connectivity index (χ3n) is 5.72. The highest BCUT2D eigenvalue weighted by molar-refractivity contribution is 6.65. The van der Waals surface area contributed by atoms with Crippen molar-refractivity contribution >= 4 is 28.1 Å². The molecule has 2 aromatic carbocycles. The standard InChI is InChI=1S/C28H26N6O2/c1-18(29)26(30-3)27(35)32-19(2)24-15-22-10-8-9-21(14-13-20-16-31-33(4)17-20)25(22)28(36)34(24)23-11-6-5-7-12-23/h5-12,15-17,19,29H,1-4H3,(H,32,35). The number of aryl methyl sites for hydroxylation is 1. The van der Waals surface area contributed by atoms with Crippen molar-refractivity contribution < 1.29 is 4.79 Å². The molecule has 2 heterocycles. The molecule has 1 amide bonds. The predicted molar refractivity (Wildman–Crippen MR) is 142 cm³/mol. The summed E-state index contributed by atoms with van der Waals surface area (Å²) in [6.07, 6.45) is 3.49. The zero-order chi connectivity index (χ0) is 25.8. The molecule has 0 spiro atoms. The topological polar surface area (TPSA) is 105 Å². The van der Waals surface area contributed by atoms with E-state index in [4.69, 9.17) is 5.41 Å². The van der Waals surface area contributed by atoms with Gasteiger partial charge in [-0.15, -0.1) is 0 Å². The van der Waals surface area contributed by atoms with Gasteiger partial charge in [-0.2, -0.15) is 5.10 Å². The lowest BCUT2D eigenvalue weighted by molar-refractivity contribution is -0.115. The molecule has 2 N–H and O–H groups in total. The van der Waals surface area contributed by atoms with E-state index in [9.17, 15) is 9.59 Å². The largest absolute Gasteiger partial charge is 0.343 e. The lowest BCUT2D eigenvalue weighted by Gasteiger charge is -2.21. The van der Waals surface area contributed by atoms with Crippen molar-refractivity contribution in [3.05, 3.63) is 94.2 Å². The fourth-order valence-electron chi connectivity index (χ4n) is 4.05. The summed E-state index contributed by atoms with van der Waals surface area (Å²) in [5.41, 5.74) is 2.50. The zero-order valence-electron chi connectivity index (χ0n) is 20.5. The molecular formula is C28H26N6O2. The van der Waals surface area contributed by atoms with Gasteiger partial charge >= 0.3 is 0 Å². The van der Waals surface area contributed by atoms with Crippen molar-refractivity contribution in [1.82, 2.24) is 19.7 Å². The van der Waals surface area contributed by atoms with Crippen LogP contribution in [0.2, 0.25) is 0 Å². The molecule has 0 radical (unpaired) electrons. The van der Waals surface area contributed by atoms with Crippen LogP contribution in [-0.4, -0.2) is 38.7 Å². The summed E-state index contributed by atoms with van der Waals surface area (Å²) in [7, 11) is 3.30. The summed E-state index contributed by atoms with van der Waals surface area (Å²) in [5, 5.41) is 16.0. The minimum absolute atomic E-state index is 0.0456. The average Bonchev–Trinajstić information content (AvgIpc) is 3.28. The lowest BCUT2D eigenvalue weighted by Crippen LogP contribution is -2.38. The van der Waals surface area contributed by atoms with E-state index in [2.05, 4.69) is 27.2 Å². The highest BCUT2D eigenvalue weighted by Crippen LogP contribution is 2.23. The second-order valence-corrected chi connectivity index (χ2v) is 8.36. The number of pyridine rings is 1. The van der Waals surface area contributed by atoms with Gasteiger partial charge in [-0.1, -0.05) is 42.2 Å². The van der Waals surface area contributed by atoms with E-state index >= 15 is 0 Å². The molecule has 0 saturated carbocycles. The maximum absolute atomic E-state index is 14.0. The number of aliphatic imine (C=N–C) groups is 1. The van der Waals surface area contributed by atoms with Gasteiger partial charge in [-0.25, -0.2) is 0 Å². The van der Waals surface area contributed by atoms with Gasteiger partial charge in [0.2, 0.25) is 0 Å². The predicted octanol–water partition coefficient (Wildman–Crippen LogP) is 3.41. The summed E-state index contributed by atoms with van der Waals surface area (Å²) in [6, 6.07) is 16.2. The van der Waals surface area contributed by atoms with Crippen LogP contribution < -0.4 is 10.9 Å². The van der Waals surface area contributed by atoms with Gasteiger partial charge in [0.1, 0.15) is 5.71 Å². The number of nitrogens with one attached hydrogen (secondary N) is 2. The first kappa shape index (κ1) is 24.4. The Bertz CT molecular complexity index is 1620. The van der Waals surface area contributed by atoms with E-state index in [0.29, 0.717) is 27.7 Å². The van der Waals surface area contributed by atoms with Crippen LogP contribution in [0.15, 0.2) is 76.8 Å². The second kappa shape index (κ2) is 10.2. The van der Waals surface area contributed by atoms with Gasteiger partial charge < -0.3 is 10.7 Å². The number of rotatable bonds is 5. The number of carbonyl (C=O) groups excluding carboxylic acids is 1. The minimum Gasteiger partial charge on any atom is -0.343 e. The van der Waals surface area contributed by atoms with Crippen molar-refractivity contribution in [1.29, 1.82) is 5.41 Å². The van der Waals surface area contributed by atoms with Crippen LogP contribution in [0.5, 0.6) is 0 Å². The SMILES string of the molecule is CN=C(C(C)=N)C(=O)NC(C)c1cc2cccc(C#Cc3cnn(C)c3)c2c(=O)n1-c1ccccc1. The quantitative estimate of drug-likeness (QED) is 0.339. The van der Waals surface area contributed by atoms with Gasteiger partial charge in [0, 0.05) is 37.2 Å². The molecule has 0 aliphatic carbocycles. The van der Waals surface area contributed by atoms with Crippen LogP contribution in [0.1, 0.15) is 36.7 Å². The van der Waals surface area contributed by atoms with E-state index in [1.54, 1.807) is 22.4 Å². The van der Waals surface area contributed by atoms with Crippen LogP contribution in [-0.2, 0) is 11.8 Å². The summed E-state index contributed by atoms with van der Waals surface area (Å²) in [4.78, 5) is 30.7. The first-order chi connectivity index (χ1) is 17.3. The summed E-state index contributed by atoms with van der Waals surface area (Å²) < 4.78 is 3.27. The number of aromatic nitrogens is 3. The molecule has 2 aromatic heterocycles. The Hall–Kier alpha value is -4.77. The fourth-order valence-corrected chi connectivity index (χ4v) is 4.05. The minimum atomic E-state index is -0.545. The Balaban J connectivity index is 1.90. The smallest absolute Gasteiger partial charge is 0.271 e. The summed E-state index contributed by atoms with van der Waals surface area (Å²) in [5.74, 6) is 5.74. The van der Waals surface area contributed by atoms with Crippen LogP contribution in [0.4, 0.5) is 0 Å². The van der Waals surface area contributed by atoms with Crippen molar-refractivity contribution in [2.24, 2.45) is 12.0 Å². The molecular weight excluding hydrogens is 452 g/mol. The molecule has 8 nitrogen and oxygen atoms in total. The van der Waals surface area contributed by atoms with Gasteiger partial charge in [0.25, 0.3) is 11.5 Å². The molecule has 1 unspecified atom stereocenters. The fraction of sp³-hybridized carbons (Fsp3) is 0.179. The molecule has 0 fully saturated rings. The van der Waals surface area contributed by atoms with Crippen molar-refractivity contribution in [2.75, 3.05) is 7.05 Å². The monoisotopic (exact) mass is 478 g/mol. The van der Waals surface area contributed by atoms with Gasteiger partial charge in [0.15, 0.2) is 0 Å². The summed E-state index contributed by atoms with van der Waals surface area (Å²) >= 11 is 0. The van der Waals surface area contributed by atoms with Crippen LogP contribution >= 0.6 is 0 Å². The molecule has 0 aliphatic heterocycles. The molecule has 0 aliphatic rings. The second-order valence-electron chi connectivity index (χ2n) is 8.36. The van der Waals surface area contributed by atoms with Gasteiger partial charge in [-0.05, 0) is 43.5 Å². The number of para-hydroxylation sites is 1. The number of carbonyl (C=O) groups is 1. The Morgan fingerprint density at radius 2 is 1.89 bits per heavy atom. The third-order valence-corrected chi connectivity index (χ3v) is 5.72. The van der Waals surface area contributed by atoms with Gasteiger partial charge in [-0.3, -0.25) is 23.8 Å². The first-order valence-corrected chi connectivity index (χ1v) is 11.4. The van der Waals surface area contributed by atoms with E-state index in [1.807, 2.05) is 67.8 Å². The Labute approximate surface area is 208 Å². The summed E-state index contributed by atoms with van der Waals surface area (Å²) in [6.45, 7) is 3.31. The third kappa shape index (κ3) is 4.86. The Kier molecular flexibility index (Phi) is 6.93. The average molecular weight is 479 g/mol. The lowest BCUT2D eigenvalue weighted by atomic mass is 10.0. The maximum atomic E-state index is 14.0. The maximum Gasteiger partial charge on any atom is 0.271 e. The molecule has 8 heteroatoms. The van der Waals surface area contributed by atoms with Gasteiger partial charge in [0.05, 0.1) is 28.9 Å². The van der Waals surface area contributed by atoms with E-state index in [1.165, 1.54) is 14.0 Å². The Morgan fingerprint density at radius 1 is 1.14 bits per heavy atom. The number of amides is 1. The molecule has 4 rings (SSSR count). The molecule has 0 bridgehead atoms. The van der Waals surface area contributed by atoms with Crippen molar-refractivity contribution in [3.8, 4) is 17.5 Å². The molecule has 1 atom stereocenters. The highest BCUT2D eigenvalue weighted by atomic mass is 16.2. The number of hydrogen-bond acceptors (Lipinski definition) is 5. The van der Waals surface area contributed by atoms with Crippen molar-refractivity contribution in [2.45, 2.75) is 19.9 Å². The number of fused-ring (bicyclic) bond motifs is 1. The van der Waals surface area contributed by atoms with Crippen molar-refractivity contribution in [3.63, 3.8) is 0 Å². The van der Waals surface area contributed by atoms with E-state index in [0.717, 1.165) is 5.56 Å². The number of nitrogens with zero attached hydrogens (tertiary/aromatic N) is 4. The normalized spacial score (nSPS) is 12.1. The highest BCUT2D eigenvalue weighted by Gasteiger charge is 2.21. The zero-order valence-corrected chi connectivity index (χ0v) is 20.5. The van der Waals surface area contributed by atoms with E-state index < -0.39 is 11.9 Å². The molecule has 4 aromatic rings. The van der Waals surface area contributed by atoms with Crippen LogP contribution in [0.3, 0.4) is 0 Å². The molecule has 180 valence electrons. The number of hydrogen-bond donors (Lipinski definition) is 2. The molecule has 36 heavy (non-hydrogen) atoms. The van der Waals surface area contributed by atoms with Crippen LogP contribution in [0, 0.1) is 17.3 Å². The van der Waals surface area contributed by atoms with E-state index in [-0.39, 0.29) is 17.0 Å². The first-order valence-electron chi connectivity index (χ1n) is 11.4.